The first-order chi connectivity index (χ1) is 9.56. The Morgan fingerprint density at radius 1 is 1.15 bits per heavy atom. The van der Waals surface area contributed by atoms with Crippen molar-refractivity contribution in [3.05, 3.63) is 64.7 Å². The Balaban J connectivity index is 1.99. The average Bonchev–Trinajstić information content (AvgIpc) is 2.41. The third kappa shape index (κ3) is 3.99. The number of halogens is 1. The zero-order valence-electron chi connectivity index (χ0n) is 11.7. The average molecular weight is 291 g/mol. The summed E-state index contributed by atoms with van der Waals surface area (Å²) < 4.78 is 5.73. The largest absolute Gasteiger partial charge is 0.488 e. The van der Waals surface area contributed by atoms with Crippen LogP contribution in [0.4, 0.5) is 0 Å². The topological polar surface area (TPSA) is 29.5 Å². The molecule has 2 unspecified atom stereocenters. The Morgan fingerprint density at radius 2 is 1.90 bits per heavy atom. The van der Waals surface area contributed by atoms with Gasteiger partial charge in [0.15, 0.2) is 0 Å². The van der Waals surface area contributed by atoms with Crippen molar-refractivity contribution in [2.45, 2.75) is 32.5 Å². The molecular formula is C17H19ClO2. The number of hydrogen-bond acceptors (Lipinski definition) is 2. The Morgan fingerprint density at radius 3 is 2.60 bits per heavy atom. The van der Waals surface area contributed by atoms with E-state index in [-0.39, 0.29) is 6.10 Å². The standard InChI is InChI=1S/C17H19ClO2/c1-12-6-3-4-7-14(12)10-17(19)13(2)20-16-9-5-8-15(18)11-16/h3-9,11,13,17,19H,10H2,1-2H3. The molecule has 20 heavy (non-hydrogen) atoms. The van der Waals surface area contributed by atoms with Crippen LogP contribution in [-0.2, 0) is 6.42 Å². The van der Waals surface area contributed by atoms with Crippen molar-refractivity contribution in [1.29, 1.82) is 0 Å². The molecule has 2 aromatic carbocycles. The zero-order valence-corrected chi connectivity index (χ0v) is 12.5. The van der Waals surface area contributed by atoms with Gasteiger partial charge >= 0.3 is 0 Å². The molecule has 2 aromatic rings. The molecule has 2 rings (SSSR count). The smallest absolute Gasteiger partial charge is 0.122 e. The van der Waals surface area contributed by atoms with E-state index in [9.17, 15) is 5.11 Å². The Hall–Kier alpha value is -1.51. The lowest BCUT2D eigenvalue weighted by Crippen LogP contribution is -2.30. The van der Waals surface area contributed by atoms with Crippen molar-refractivity contribution < 1.29 is 9.84 Å². The zero-order chi connectivity index (χ0) is 14.5. The first kappa shape index (κ1) is 14.9. The molecule has 0 aliphatic heterocycles. The summed E-state index contributed by atoms with van der Waals surface area (Å²) in [7, 11) is 0. The summed E-state index contributed by atoms with van der Waals surface area (Å²) in [6.07, 6.45) is -0.280. The van der Waals surface area contributed by atoms with Gasteiger partial charge < -0.3 is 9.84 Å². The van der Waals surface area contributed by atoms with Crippen LogP contribution >= 0.6 is 11.6 Å². The highest BCUT2D eigenvalue weighted by molar-refractivity contribution is 6.30. The lowest BCUT2D eigenvalue weighted by molar-refractivity contribution is 0.0478. The molecule has 0 bridgehead atoms. The van der Waals surface area contributed by atoms with Crippen molar-refractivity contribution in [2.24, 2.45) is 0 Å². The minimum atomic E-state index is -0.560. The molecule has 0 aliphatic carbocycles. The maximum Gasteiger partial charge on any atom is 0.122 e. The van der Waals surface area contributed by atoms with Gasteiger partial charge in [-0.3, -0.25) is 0 Å². The minimum absolute atomic E-state index is 0.298. The van der Waals surface area contributed by atoms with Gasteiger partial charge in [0.05, 0.1) is 6.10 Å². The number of benzene rings is 2. The highest BCUT2D eigenvalue weighted by Crippen LogP contribution is 2.20. The van der Waals surface area contributed by atoms with Crippen molar-refractivity contribution in [2.75, 3.05) is 0 Å². The molecule has 106 valence electrons. The third-order valence-corrected chi connectivity index (χ3v) is 3.59. The Kier molecular flexibility index (Phi) is 5.05. The van der Waals surface area contributed by atoms with Crippen LogP contribution < -0.4 is 4.74 Å². The highest BCUT2D eigenvalue weighted by atomic mass is 35.5. The van der Waals surface area contributed by atoms with Crippen molar-refractivity contribution in [1.82, 2.24) is 0 Å². The molecular weight excluding hydrogens is 272 g/mol. The number of aliphatic hydroxyl groups is 1. The van der Waals surface area contributed by atoms with Crippen molar-refractivity contribution >= 4 is 11.6 Å². The van der Waals surface area contributed by atoms with Gasteiger partial charge in [-0.15, -0.1) is 0 Å². The van der Waals surface area contributed by atoms with E-state index in [0.717, 1.165) is 5.56 Å². The number of ether oxygens (including phenoxy) is 1. The van der Waals surface area contributed by atoms with Gasteiger partial charge in [0.2, 0.25) is 0 Å². The van der Waals surface area contributed by atoms with Crippen LogP contribution in [0.5, 0.6) is 5.75 Å². The van der Waals surface area contributed by atoms with E-state index in [1.807, 2.05) is 50.2 Å². The van der Waals surface area contributed by atoms with Gasteiger partial charge in [-0.25, -0.2) is 0 Å². The monoisotopic (exact) mass is 290 g/mol. The fraction of sp³-hybridized carbons (Fsp3) is 0.294. The Bertz CT molecular complexity index is 568. The highest BCUT2D eigenvalue weighted by Gasteiger charge is 2.17. The van der Waals surface area contributed by atoms with Crippen molar-refractivity contribution in [3.63, 3.8) is 0 Å². The molecule has 0 radical (unpaired) electrons. The van der Waals surface area contributed by atoms with E-state index < -0.39 is 6.10 Å². The summed E-state index contributed by atoms with van der Waals surface area (Å²) in [6.45, 7) is 3.91. The molecule has 0 saturated heterocycles. The summed E-state index contributed by atoms with van der Waals surface area (Å²) in [5.74, 6) is 0.675. The minimum Gasteiger partial charge on any atom is -0.488 e. The lowest BCUT2D eigenvalue weighted by atomic mass is 10.0. The van der Waals surface area contributed by atoms with Gasteiger partial charge in [-0.1, -0.05) is 41.9 Å². The molecule has 3 heteroatoms. The van der Waals surface area contributed by atoms with Crippen LogP contribution in [-0.4, -0.2) is 17.3 Å². The second kappa shape index (κ2) is 6.78. The lowest BCUT2D eigenvalue weighted by Gasteiger charge is -2.21. The molecule has 0 aliphatic rings. The molecule has 2 atom stereocenters. The molecule has 1 N–H and O–H groups in total. The first-order valence-corrected chi connectivity index (χ1v) is 7.09. The van der Waals surface area contributed by atoms with Crippen LogP contribution in [0.3, 0.4) is 0 Å². The number of rotatable bonds is 5. The van der Waals surface area contributed by atoms with Crippen LogP contribution in [0, 0.1) is 6.92 Å². The van der Waals surface area contributed by atoms with Gasteiger partial charge in [0.25, 0.3) is 0 Å². The second-order valence-corrected chi connectivity index (χ2v) is 5.41. The van der Waals surface area contributed by atoms with Crippen LogP contribution in [0.25, 0.3) is 0 Å². The maximum absolute atomic E-state index is 10.3. The van der Waals surface area contributed by atoms with E-state index in [2.05, 4.69) is 0 Å². The molecule has 0 aromatic heterocycles. The van der Waals surface area contributed by atoms with E-state index in [0.29, 0.717) is 17.2 Å². The van der Waals surface area contributed by atoms with Gasteiger partial charge in [0.1, 0.15) is 11.9 Å². The maximum atomic E-state index is 10.3. The van der Waals surface area contributed by atoms with Gasteiger partial charge in [-0.2, -0.15) is 0 Å². The molecule has 2 nitrogen and oxygen atoms in total. The number of aliphatic hydroxyl groups excluding tert-OH is 1. The summed E-state index contributed by atoms with van der Waals surface area (Å²) in [5.41, 5.74) is 2.32. The van der Waals surface area contributed by atoms with E-state index in [1.165, 1.54) is 5.56 Å². The second-order valence-electron chi connectivity index (χ2n) is 4.98. The van der Waals surface area contributed by atoms with Crippen LogP contribution in [0.1, 0.15) is 18.1 Å². The van der Waals surface area contributed by atoms with E-state index in [4.69, 9.17) is 16.3 Å². The van der Waals surface area contributed by atoms with E-state index in [1.54, 1.807) is 12.1 Å². The third-order valence-electron chi connectivity index (χ3n) is 3.35. The summed E-state index contributed by atoms with van der Waals surface area (Å²) in [4.78, 5) is 0. The van der Waals surface area contributed by atoms with Crippen LogP contribution in [0.15, 0.2) is 48.5 Å². The SMILES string of the molecule is Cc1ccccc1CC(O)C(C)Oc1cccc(Cl)c1. The molecule has 0 amide bonds. The number of hydrogen-bond donors (Lipinski definition) is 1. The fourth-order valence-corrected chi connectivity index (χ4v) is 2.24. The molecule has 0 spiro atoms. The summed E-state index contributed by atoms with van der Waals surface area (Å²) in [6, 6.07) is 15.3. The van der Waals surface area contributed by atoms with Crippen molar-refractivity contribution in [3.8, 4) is 5.75 Å². The summed E-state index contributed by atoms with van der Waals surface area (Å²) >= 11 is 5.92. The predicted molar refractivity (Wildman–Crippen MR) is 82.4 cm³/mol. The van der Waals surface area contributed by atoms with Crippen LogP contribution in [0.2, 0.25) is 5.02 Å². The fourth-order valence-electron chi connectivity index (χ4n) is 2.06. The quantitative estimate of drug-likeness (QED) is 0.901. The van der Waals surface area contributed by atoms with Gasteiger partial charge in [0, 0.05) is 11.4 Å². The predicted octanol–water partition coefficient (Wildman–Crippen LogP) is 4.02. The number of aryl methyl sites for hydroxylation is 1. The Labute approximate surface area is 125 Å². The summed E-state index contributed by atoms with van der Waals surface area (Å²) in [5, 5.41) is 10.9. The molecule has 0 heterocycles. The molecule has 0 fully saturated rings. The molecule has 0 saturated carbocycles. The van der Waals surface area contributed by atoms with E-state index >= 15 is 0 Å². The normalized spacial score (nSPS) is 13.8. The van der Waals surface area contributed by atoms with Gasteiger partial charge in [-0.05, 0) is 43.2 Å². The first-order valence-electron chi connectivity index (χ1n) is 6.71.